The van der Waals surface area contributed by atoms with E-state index in [-0.39, 0.29) is 30.0 Å². The molecule has 1 heterocycles. The first-order chi connectivity index (χ1) is 13.9. The van der Waals surface area contributed by atoms with E-state index in [1.807, 2.05) is 0 Å². The van der Waals surface area contributed by atoms with Gasteiger partial charge in [0.2, 0.25) is 17.6 Å². The Morgan fingerprint density at radius 3 is 2.62 bits per heavy atom. The zero-order chi connectivity index (χ0) is 20.8. The van der Waals surface area contributed by atoms with Crippen LogP contribution in [-0.4, -0.2) is 26.9 Å². The van der Waals surface area contributed by atoms with Gasteiger partial charge >= 0.3 is 0 Å². The van der Waals surface area contributed by atoms with Crippen LogP contribution in [-0.2, 0) is 11.2 Å². The predicted octanol–water partition coefficient (Wildman–Crippen LogP) is 2.69. The number of carbonyl (C=O) groups is 2. The molecule has 3 rings (SSSR count). The van der Waals surface area contributed by atoms with Crippen molar-refractivity contribution in [3.05, 3.63) is 75.1 Å². The topological polar surface area (TPSA) is 140 Å². The summed E-state index contributed by atoms with van der Waals surface area (Å²) in [4.78, 5) is 38.2. The molecule has 10 nitrogen and oxygen atoms in total. The van der Waals surface area contributed by atoms with Crippen LogP contribution in [0.15, 0.2) is 53.1 Å². The van der Waals surface area contributed by atoms with Gasteiger partial charge in [0.15, 0.2) is 0 Å². The third-order valence-corrected chi connectivity index (χ3v) is 4.02. The van der Waals surface area contributed by atoms with E-state index >= 15 is 0 Å². The number of hydrazine groups is 1. The number of carbonyl (C=O) groups excluding carboxylic acids is 2. The smallest absolute Gasteiger partial charge is 0.270 e. The highest BCUT2D eigenvalue weighted by Gasteiger charge is 2.14. The van der Waals surface area contributed by atoms with Gasteiger partial charge in [0.25, 0.3) is 11.6 Å². The predicted molar refractivity (Wildman–Crippen MR) is 102 cm³/mol. The lowest BCUT2D eigenvalue weighted by Crippen LogP contribution is -2.41. The van der Waals surface area contributed by atoms with Gasteiger partial charge in [-0.25, -0.2) is 0 Å². The van der Waals surface area contributed by atoms with Crippen molar-refractivity contribution in [3.63, 3.8) is 0 Å². The molecule has 0 aliphatic carbocycles. The van der Waals surface area contributed by atoms with Crippen molar-refractivity contribution in [2.24, 2.45) is 0 Å². The number of benzene rings is 2. The summed E-state index contributed by atoms with van der Waals surface area (Å²) in [6, 6.07) is 12.0. The number of nitro benzene ring substituents is 1. The van der Waals surface area contributed by atoms with Crippen LogP contribution in [0.1, 0.15) is 22.7 Å². The van der Waals surface area contributed by atoms with Crippen LogP contribution < -0.4 is 10.9 Å². The van der Waals surface area contributed by atoms with E-state index in [9.17, 15) is 19.7 Å². The number of aromatic nitrogens is 2. The Kier molecular flexibility index (Phi) is 6.15. The van der Waals surface area contributed by atoms with Gasteiger partial charge in [-0.3, -0.25) is 30.6 Å². The third kappa shape index (κ3) is 5.36. The van der Waals surface area contributed by atoms with E-state index in [1.165, 1.54) is 18.2 Å². The fourth-order valence-corrected chi connectivity index (χ4v) is 2.44. The van der Waals surface area contributed by atoms with Crippen LogP contribution in [0.25, 0.3) is 11.4 Å². The molecule has 0 unspecified atom stereocenters. The molecule has 0 bridgehead atoms. The largest absolute Gasteiger partial charge is 0.339 e. The first-order valence-electron chi connectivity index (χ1n) is 8.34. The first kappa shape index (κ1) is 20.0. The van der Waals surface area contributed by atoms with Crippen molar-refractivity contribution in [1.82, 2.24) is 21.0 Å². The average molecular weight is 416 g/mol. The summed E-state index contributed by atoms with van der Waals surface area (Å²) in [6.07, 6.45) is 0.149. The summed E-state index contributed by atoms with van der Waals surface area (Å²) in [5, 5.41) is 15.2. The molecule has 148 valence electrons. The molecule has 0 saturated carbocycles. The van der Waals surface area contributed by atoms with Gasteiger partial charge in [-0.1, -0.05) is 22.8 Å². The molecule has 1 aromatic heterocycles. The fraction of sp³-hybridized carbons (Fsp3) is 0.111. The Hall–Kier alpha value is -3.79. The van der Waals surface area contributed by atoms with Gasteiger partial charge in [-0.2, -0.15) is 4.98 Å². The lowest BCUT2D eigenvalue weighted by atomic mass is 10.2. The molecule has 0 saturated heterocycles. The van der Waals surface area contributed by atoms with Crippen molar-refractivity contribution in [2.75, 3.05) is 0 Å². The summed E-state index contributed by atoms with van der Waals surface area (Å²) in [6.45, 7) is 0. The van der Waals surface area contributed by atoms with Crippen molar-refractivity contribution >= 4 is 29.1 Å². The minimum absolute atomic E-state index is 0.0164. The number of rotatable bonds is 6. The van der Waals surface area contributed by atoms with Crippen molar-refractivity contribution < 1.29 is 19.0 Å². The van der Waals surface area contributed by atoms with Gasteiger partial charge < -0.3 is 4.52 Å². The number of non-ortho nitro benzene ring substituents is 1. The second-order valence-corrected chi connectivity index (χ2v) is 6.26. The SMILES string of the molecule is O=C(CCc1nc(-c2ccc(Cl)cc2)no1)NNC(=O)c1cccc([N+](=O)[O-])c1. The van der Waals surface area contributed by atoms with Crippen molar-refractivity contribution in [2.45, 2.75) is 12.8 Å². The minimum atomic E-state index is -0.676. The van der Waals surface area contributed by atoms with Gasteiger partial charge in [0.05, 0.1) is 4.92 Å². The minimum Gasteiger partial charge on any atom is -0.339 e. The maximum atomic E-state index is 12.0. The Morgan fingerprint density at radius 1 is 1.14 bits per heavy atom. The Balaban J connectivity index is 1.49. The standard InChI is InChI=1S/C18H14ClN5O5/c19-13-6-4-11(5-7-13)17-20-16(29-23-17)9-8-15(25)21-22-18(26)12-2-1-3-14(10-12)24(27)28/h1-7,10H,8-9H2,(H,21,25)(H,22,26). The monoisotopic (exact) mass is 415 g/mol. The van der Waals surface area contributed by atoms with Crippen molar-refractivity contribution in [3.8, 4) is 11.4 Å². The van der Waals surface area contributed by atoms with E-state index < -0.39 is 16.7 Å². The maximum Gasteiger partial charge on any atom is 0.270 e. The number of nitrogens with one attached hydrogen (secondary N) is 2. The molecule has 29 heavy (non-hydrogen) atoms. The van der Waals surface area contributed by atoms with Gasteiger partial charge in [0.1, 0.15) is 0 Å². The molecule has 2 N–H and O–H groups in total. The quantitative estimate of drug-likeness (QED) is 0.465. The molecule has 0 radical (unpaired) electrons. The average Bonchev–Trinajstić information content (AvgIpc) is 3.20. The van der Waals surface area contributed by atoms with Gasteiger partial charge in [-0.15, -0.1) is 0 Å². The Bertz CT molecular complexity index is 1050. The molecule has 2 amide bonds. The Labute approximate surface area is 169 Å². The number of aryl methyl sites for hydroxylation is 1. The van der Waals surface area contributed by atoms with Crippen LogP contribution in [0.5, 0.6) is 0 Å². The maximum absolute atomic E-state index is 12.0. The van der Waals surface area contributed by atoms with Crippen LogP contribution >= 0.6 is 11.6 Å². The van der Waals surface area contributed by atoms with Crippen LogP contribution in [0.4, 0.5) is 5.69 Å². The number of amides is 2. The number of hydrogen-bond acceptors (Lipinski definition) is 7. The summed E-state index contributed by atoms with van der Waals surface area (Å²) < 4.78 is 5.10. The normalized spacial score (nSPS) is 10.4. The molecule has 2 aromatic carbocycles. The zero-order valence-electron chi connectivity index (χ0n) is 14.8. The third-order valence-electron chi connectivity index (χ3n) is 3.77. The van der Waals surface area contributed by atoms with E-state index in [1.54, 1.807) is 24.3 Å². The van der Waals surface area contributed by atoms with E-state index in [4.69, 9.17) is 16.1 Å². The van der Waals surface area contributed by atoms with Crippen LogP contribution in [0.2, 0.25) is 5.02 Å². The molecule has 0 aliphatic heterocycles. The highest BCUT2D eigenvalue weighted by atomic mass is 35.5. The lowest BCUT2D eigenvalue weighted by Gasteiger charge is -2.06. The molecule has 0 aliphatic rings. The first-order valence-corrected chi connectivity index (χ1v) is 8.72. The van der Waals surface area contributed by atoms with Crippen LogP contribution in [0.3, 0.4) is 0 Å². The number of nitrogens with zero attached hydrogens (tertiary/aromatic N) is 3. The van der Waals surface area contributed by atoms with E-state index in [2.05, 4.69) is 21.0 Å². The Morgan fingerprint density at radius 2 is 1.90 bits per heavy atom. The zero-order valence-corrected chi connectivity index (χ0v) is 15.5. The van der Waals surface area contributed by atoms with E-state index in [0.717, 1.165) is 11.6 Å². The van der Waals surface area contributed by atoms with Crippen LogP contribution in [0, 0.1) is 10.1 Å². The summed E-state index contributed by atoms with van der Waals surface area (Å²) >= 11 is 5.83. The second-order valence-electron chi connectivity index (χ2n) is 5.83. The summed E-state index contributed by atoms with van der Waals surface area (Å²) in [7, 11) is 0. The molecule has 3 aromatic rings. The molecule has 0 spiro atoms. The highest BCUT2D eigenvalue weighted by molar-refractivity contribution is 6.30. The molecule has 0 atom stereocenters. The lowest BCUT2D eigenvalue weighted by molar-refractivity contribution is -0.384. The van der Waals surface area contributed by atoms with Gasteiger partial charge in [-0.05, 0) is 30.3 Å². The van der Waals surface area contributed by atoms with E-state index in [0.29, 0.717) is 10.8 Å². The summed E-state index contributed by atoms with van der Waals surface area (Å²) in [5.74, 6) is -0.536. The second kappa shape index (κ2) is 8.93. The molecular weight excluding hydrogens is 402 g/mol. The molecule has 0 fully saturated rings. The molecular formula is C18H14ClN5O5. The van der Waals surface area contributed by atoms with Crippen molar-refractivity contribution in [1.29, 1.82) is 0 Å². The molecule has 11 heteroatoms. The number of halogens is 1. The number of hydrogen-bond donors (Lipinski definition) is 2. The fourth-order valence-electron chi connectivity index (χ4n) is 2.31. The summed E-state index contributed by atoms with van der Waals surface area (Å²) in [5.41, 5.74) is 4.97. The number of nitro groups is 1. The van der Waals surface area contributed by atoms with Gasteiger partial charge in [0, 0.05) is 41.1 Å². The highest BCUT2D eigenvalue weighted by Crippen LogP contribution is 2.19.